The van der Waals surface area contributed by atoms with Crippen LogP contribution in [-0.4, -0.2) is 11.8 Å². The van der Waals surface area contributed by atoms with Gasteiger partial charge in [0.05, 0.1) is 22.5 Å². The molecular formula is C21H14F4N2O2. The summed E-state index contributed by atoms with van der Waals surface area (Å²) in [7, 11) is 0. The third-order valence-electron chi connectivity index (χ3n) is 4.02. The van der Waals surface area contributed by atoms with Crippen molar-refractivity contribution in [3.63, 3.8) is 0 Å². The summed E-state index contributed by atoms with van der Waals surface area (Å²) in [6.45, 7) is 0. The topological polar surface area (TPSA) is 58.2 Å². The van der Waals surface area contributed by atoms with Crippen molar-refractivity contribution in [2.24, 2.45) is 0 Å². The second kappa shape index (κ2) is 8.14. The lowest BCUT2D eigenvalue weighted by Crippen LogP contribution is -2.17. The quantitative estimate of drug-likeness (QED) is 0.578. The van der Waals surface area contributed by atoms with E-state index in [0.29, 0.717) is 0 Å². The van der Waals surface area contributed by atoms with Crippen molar-refractivity contribution in [3.8, 4) is 0 Å². The highest BCUT2D eigenvalue weighted by Gasteiger charge is 2.30. The number of rotatable bonds is 4. The predicted octanol–water partition coefficient (Wildman–Crippen LogP) is 5.35. The van der Waals surface area contributed by atoms with Gasteiger partial charge in [0.25, 0.3) is 11.8 Å². The molecule has 0 aliphatic rings. The predicted molar refractivity (Wildman–Crippen MR) is 100 cm³/mol. The van der Waals surface area contributed by atoms with Gasteiger partial charge < -0.3 is 10.6 Å². The highest BCUT2D eigenvalue weighted by molar-refractivity contribution is 6.10. The first-order valence-corrected chi connectivity index (χ1v) is 8.39. The van der Waals surface area contributed by atoms with E-state index in [4.69, 9.17) is 0 Å². The molecule has 0 heterocycles. The molecule has 0 saturated heterocycles. The van der Waals surface area contributed by atoms with Crippen LogP contribution in [-0.2, 0) is 6.18 Å². The molecule has 0 unspecified atom stereocenters. The number of hydrogen-bond donors (Lipinski definition) is 2. The fourth-order valence-electron chi connectivity index (χ4n) is 2.54. The maximum absolute atomic E-state index is 13.8. The number of para-hydroxylation sites is 2. The van der Waals surface area contributed by atoms with E-state index in [1.807, 2.05) is 0 Å². The van der Waals surface area contributed by atoms with E-state index in [1.165, 1.54) is 30.3 Å². The third-order valence-corrected chi connectivity index (χ3v) is 4.02. The average molecular weight is 402 g/mol. The second-order valence-corrected chi connectivity index (χ2v) is 6.01. The summed E-state index contributed by atoms with van der Waals surface area (Å²) in [5.74, 6) is -2.07. The van der Waals surface area contributed by atoms with E-state index in [0.717, 1.165) is 30.3 Å². The van der Waals surface area contributed by atoms with Gasteiger partial charge in [0.15, 0.2) is 0 Å². The summed E-state index contributed by atoms with van der Waals surface area (Å²) in [5.41, 5.74) is -0.612. The van der Waals surface area contributed by atoms with Gasteiger partial charge in [0.1, 0.15) is 5.82 Å². The third kappa shape index (κ3) is 4.78. The number of amides is 2. The van der Waals surface area contributed by atoms with Crippen molar-refractivity contribution in [1.82, 2.24) is 0 Å². The molecule has 0 aromatic heterocycles. The summed E-state index contributed by atoms with van der Waals surface area (Å²) >= 11 is 0. The smallest absolute Gasteiger partial charge is 0.320 e. The molecule has 0 aliphatic heterocycles. The van der Waals surface area contributed by atoms with Crippen LogP contribution in [0.25, 0.3) is 0 Å². The Morgan fingerprint density at radius 3 is 1.76 bits per heavy atom. The van der Waals surface area contributed by atoms with Crippen LogP contribution in [0.15, 0.2) is 72.8 Å². The van der Waals surface area contributed by atoms with E-state index in [2.05, 4.69) is 10.6 Å². The summed E-state index contributed by atoms with van der Waals surface area (Å²) in [6.07, 6.45) is -4.50. The Balaban J connectivity index is 1.78. The lowest BCUT2D eigenvalue weighted by Gasteiger charge is -2.13. The number of carbonyl (C=O) groups is 2. The van der Waals surface area contributed by atoms with Crippen LogP contribution in [0.3, 0.4) is 0 Å². The molecule has 148 valence electrons. The minimum atomic E-state index is -4.50. The summed E-state index contributed by atoms with van der Waals surface area (Å²) in [5, 5.41) is 5.04. The number of benzene rings is 3. The Bertz CT molecular complexity index is 1050. The molecule has 0 spiro atoms. The van der Waals surface area contributed by atoms with Crippen LogP contribution in [0.4, 0.5) is 28.9 Å². The number of nitrogens with one attached hydrogen (secondary N) is 2. The minimum absolute atomic E-state index is 0.00762. The van der Waals surface area contributed by atoms with E-state index in [9.17, 15) is 27.2 Å². The summed E-state index contributed by atoms with van der Waals surface area (Å²) in [4.78, 5) is 24.7. The van der Waals surface area contributed by atoms with Crippen molar-refractivity contribution in [3.05, 3.63) is 95.3 Å². The van der Waals surface area contributed by atoms with E-state index in [-0.39, 0.29) is 22.5 Å². The molecule has 2 N–H and O–H groups in total. The molecule has 3 rings (SSSR count). The second-order valence-electron chi connectivity index (χ2n) is 6.01. The summed E-state index contributed by atoms with van der Waals surface area (Å²) < 4.78 is 51.7. The Morgan fingerprint density at radius 2 is 1.21 bits per heavy atom. The van der Waals surface area contributed by atoms with Gasteiger partial charge in [-0.05, 0) is 48.5 Å². The van der Waals surface area contributed by atoms with E-state index < -0.39 is 29.4 Å². The zero-order valence-electron chi connectivity index (χ0n) is 14.8. The number of halogens is 4. The molecule has 4 nitrogen and oxygen atoms in total. The lowest BCUT2D eigenvalue weighted by molar-refractivity contribution is -0.137. The monoisotopic (exact) mass is 402 g/mol. The van der Waals surface area contributed by atoms with Crippen molar-refractivity contribution in [2.75, 3.05) is 10.6 Å². The van der Waals surface area contributed by atoms with Gasteiger partial charge in [-0.3, -0.25) is 9.59 Å². The van der Waals surface area contributed by atoms with Crippen molar-refractivity contribution in [2.45, 2.75) is 6.18 Å². The van der Waals surface area contributed by atoms with Gasteiger partial charge in [-0.25, -0.2) is 4.39 Å². The lowest BCUT2D eigenvalue weighted by atomic mass is 10.1. The first kappa shape index (κ1) is 20.1. The Kier molecular flexibility index (Phi) is 5.63. The number of carbonyl (C=O) groups excluding carboxylic acids is 2. The van der Waals surface area contributed by atoms with Crippen LogP contribution in [0, 0.1) is 5.82 Å². The van der Waals surface area contributed by atoms with Crippen molar-refractivity contribution < 1.29 is 27.2 Å². The SMILES string of the molecule is O=C(Nc1ccccc1NC(=O)c1ccccc1F)c1ccc(C(F)(F)F)cc1. The first-order valence-electron chi connectivity index (χ1n) is 8.39. The normalized spacial score (nSPS) is 11.0. The van der Waals surface area contributed by atoms with Gasteiger partial charge in [0.2, 0.25) is 0 Å². The zero-order chi connectivity index (χ0) is 21.0. The molecule has 2 amide bonds. The summed E-state index contributed by atoms with van der Waals surface area (Å²) in [6, 6.07) is 15.3. The van der Waals surface area contributed by atoms with Crippen LogP contribution in [0.5, 0.6) is 0 Å². The molecule has 3 aromatic rings. The Morgan fingerprint density at radius 1 is 0.690 bits per heavy atom. The van der Waals surface area contributed by atoms with Gasteiger partial charge >= 0.3 is 6.18 Å². The largest absolute Gasteiger partial charge is 0.416 e. The van der Waals surface area contributed by atoms with Crippen LogP contribution in [0.1, 0.15) is 26.3 Å². The highest BCUT2D eigenvalue weighted by Crippen LogP contribution is 2.29. The maximum Gasteiger partial charge on any atom is 0.416 e. The molecule has 0 bridgehead atoms. The molecule has 8 heteroatoms. The number of alkyl halides is 3. The molecule has 0 aliphatic carbocycles. The fourth-order valence-corrected chi connectivity index (χ4v) is 2.54. The molecule has 0 saturated carbocycles. The average Bonchev–Trinajstić information content (AvgIpc) is 2.69. The van der Waals surface area contributed by atoms with Gasteiger partial charge in [-0.1, -0.05) is 24.3 Å². The maximum atomic E-state index is 13.8. The number of hydrogen-bond acceptors (Lipinski definition) is 2. The molecule has 0 radical (unpaired) electrons. The van der Waals surface area contributed by atoms with Gasteiger partial charge in [0, 0.05) is 5.56 Å². The van der Waals surface area contributed by atoms with Crippen LogP contribution >= 0.6 is 0 Å². The standard InChI is InChI=1S/C21H14F4N2O2/c22-16-6-2-1-5-15(16)20(29)27-18-8-4-3-7-17(18)26-19(28)13-9-11-14(12-10-13)21(23,24)25/h1-12H,(H,26,28)(H,27,29). The highest BCUT2D eigenvalue weighted by atomic mass is 19.4. The Hall–Kier alpha value is -3.68. The Labute approximate surface area is 163 Å². The number of anilines is 2. The molecular weight excluding hydrogens is 388 g/mol. The van der Waals surface area contributed by atoms with E-state index in [1.54, 1.807) is 12.1 Å². The molecule has 29 heavy (non-hydrogen) atoms. The van der Waals surface area contributed by atoms with Gasteiger partial charge in [-0.15, -0.1) is 0 Å². The molecule has 0 fully saturated rings. The van der Waals surface area contributed by atoms with Crippen LogP contribution < -0.4 is 10.6 Å². The molecule has 0 atom stereocenters. The fraction of sp³-hybridized carbons (Fsp3) is 0.0476. The zero-order valence-corrected chi connectivity index (χ0v) is 14.8. The first-order chi connectivity index (χ1) is 13.8. The van der Waals surface area contributed by atoms with Crippen molar-refractivity contribution >= 4 is 23.2 Å². The van der Waals surface area contributed by atoms with Crippen LogP contribution in [0.2, 0.25) is 0 Å². The minimum Gasteiger partial charge on any atom is -0.320 e. The van der Waals surface area contributed by atoms with E-state index >= 15 is 0 Å². The molecule has 3 aromatic carbocycles. The van der Waals surface area contributed by atoms with Crippen molar-refractivity contribution in [1.29, 1.82) is 0 Å². The van der Waals surface area contributed by atoms with Gasteiger partial charge in [-0.2, -0.15) is 13.2 Å².